The molecule has 0 spiro atoms. The van der Waals surface area contributed by atoms with Gasteiger partial charge in [0.25, 0.3) is 0 Å². The maximum absolute atomic E-state index is 11.9. The molecule has 1 saturated heterocycles. The van der Waals surface area contributed by atoms with Crippen molar-refractivity contribution in [2.75, 3.05) is 31.6 Å². The second-order valence-electron chi connectivity index (χ2n) is 4.74. The molecule has 20 heavy (non-hydrogen) atoms. The normalized spacial score (nSPS) is 17.7. The third kappa shape index (κ3) is 4.34. The molecule has 0 atom stereocenters. The molecular formula is C11H18F3N5O. The summed E-state index contributed by atoms with van der Waals surface area (Å²) in [7, 11) is 1.93. The Labute approximate surface area is 114 Å². The number of anilines is 1. The number of piperidine rings is 1. The van der Waals surface area contributed by atoms with E-state index in [0.717, 1.165) is 25.9 Å². The van der Waals surface area contributed by atoms with Gasteiger partial charge in [-0.15, -0.1) is 5.10 Å². The number of hydrogen-bond acceptors (Lipinski definition) is 5. The Bertz CT molecular complexity index is 414. The summed E-state index contributed by atoms with van der Waals surface area (Å²) in [5.74, 6) is 0.824. The van der Waals surface area contributed by atoms with E-state index in [1.54, 1.807) is 0 Å². The summed E-state index contributed by atoms with van der Waals surface area (Å²) < 4.78 is 40.3. The van der Waals surface area contributed by atoms with Crippen LogP contribution in [0.5, 0.6) is 0 Å². The van der Waals surface area contributed by atoms with Gasteiger partial charge in [0.15, 0.2) is 5.82 Å². The number of aromatic amines is 1. The number of halogens is 3. The van der Waals surface area contributed by atoms with E-state index in [2.05, 4.69) is 25.2 Å². The number of nitrogens with zero attached hydrogens (tertiary/aromatic N) is 3. The number of ether oxygens (including phenoxy) is 1. The molecule has 1 aromatic heterocycles. The maximum atomic E-state index is 11.9. The first-order valence-electron chi connectivity index (χ1n) is 6.46. The lowest BCUT2D eigenvalue weighted by molar-refractivity contribution is -0.177. The van der Waals surface area contributed by atoms with Crippen LogP contribution in [0.3, 0.4) is 0 Å². The second-order valence-corrected chi connectivity index (χ2v) is 4.74. The highest BCUT2D eigenvalue weighted by Crippen LogP contribution is 2.17. The van der Waals surface area contributed by atoms with Crippen molar-refractivity contribution < 1.29 is 17.9 Å². The zero-order valence-corrected chi connectivity index (χ0v) is 11.2. The van der Waals surface area contributed by atoms with Crippen molar-refractivity contribution in [1.29, 1.82) is 0 Å². The van der Waals surface area contributed by atoms with Gasteiger partial charge in [-0.3, -0.25) is 5.10 Å². The molecule has 1 fully saturated rings. The van der Waals surface area contributed by atoms with Crippen molar-refractivity contribution in [3.63, 3.8) is 0 Å². The lowest BCUT2D eigenvalue weighted by atomic mass is 10.1. The summed E-state index contributed by atoms with van der Waals surface area (Å²) in [6.45, 7) is 0.147. The minimum absolute atomic E-state index is 0.223. The summed E-state index contributed by atoms with van der Waals surface area (Å²) in [5.41, 5.74) is 0. The van der Waals surface area contributed by atoms with Gasteiger partial charge in [0, 0.05) is 19.1 Å². The molecule has 0 saturated carbocycles. The molecule has 1 aromatic rings. The van der Waals surface area contributed by atoms with Gasteiger partial charge >= 0.3 is 6.18 Å². The van der Waals surface area contributed by atoms with Crippen LogP contribution in [0.25, 0.3) is 0 Å². The third-order valence-electron chi connectivity index (χ3n) is 3.21. The molecule has 0 amide bonds. The summed E-state index contributed by atoms with van der Waals surface area (Å²) >= 11 is 0. The lowest BCUT2D eigenvalue weighted by Crippen LogP contribution is -2.41. The van der Waals surface area contributed by atoms with Crippen molar-refractivity contribution in [2.24, 2.45) is 0 Å². The fourth-order valence-electron chi connectivity index (χ4n) is 2.12. The number of hydrogen-bond donors (Lipinski definition) is 2. The molecular weight excluding hydrogens is 275 g/mol. The molecule has 0 aromatic carbocycles. The lowest BCUT2D eigenvalue weighted by Gasteiger charge is -2.30. The molecule has 1 aliphatic heterocycles. The molecule has 2 heterocycles. The Morgan fingerprint density at radius 2 is 2.10 bits per heavy atom. The van der Waals surface area contributed by atoms with Crippen LogP contribution in [0, 0.1) is 0 Å². The van der Waals surface area contributed by atoms with E-state index >= 15 is 0 Å². The third-order valence-corrected chi connectivity index (χ3v) is 3.21. The van der Waals surface area contributed by atoms with Gasteiger partial charge < -0.3 is 15.0 Å². The van der Waals surface area contributed by atoms with Crippen LogP contribution in [0.1, 0.15) is 18.7 Å². The molecule has 6 nitrogen and oxygen atoms in total. The Morgan fingerprint density at radius 1 is 1.40 bits per heavy atom. The quantitative estimate of drug-likeness (QED) is 0.850. The number of rotatable bonds is 5. The molecule has 9 heteroatoms. The molecule has 0 bridgehead atoms. The van der Waals surface area contributed by atoms with E-state index < -0.39 is 12.8 Å². The topological polar surface area (TPSA) is 66.1 Å². The summed E-state index contributed by atoms with van der Waals surface area (Å²) in [4.78, 5) is 6.16. The SMILES string of the molecule is CNC1CCN(c2n[nH]c(COCC(F)(F)F)n2)CC1. The first-order valence-corrected chi connectivity index (χ1v) is 6.46. The Balaban J connectivity index is 1.80. The zero-order chi connectivity index (χ0) is 14.6. The summed E-state index contributed by atoms with van der Waals surface area (Å²) in [6.07, 6.45) is -2.34. The van der Waals surface area contributed by atoms with Gasteiger partial charge in [-0.1, -0.05) is 0 Å². The number of alkyl halides is 3. The van der Waals surface area contributed by atoms with Gasteiger partial charge in [0.05, 0.1) is 0 Å². The highest BCUT2D eigenvalue weighted by molar-refractivity contribution is 5.29. The van der Waals surface area contributed by atoms with E-state index in [0.29, 0.717) is 17.8 Å². The molecule has 2 N–H and O–H groups in total. The highest BCUT2D eigenvalue weighted by atomic mass is 19.4. The van der Waals surface area contributed by atoms with E-state index in [1.165, 1.54) is 0 Å². The van der Waals surface area contributed by atoms with Gasteiger partial charge in [0.2, 0.25) is 5.95 Å². The molecule has 1 aliphatic rings. The standard InChI is InChI=1S/C11H18F3N5O/c1-15-8-2-4-19(5-3-8)10-16-9(17-18-10)6-20-7-11(12,13)14/h8,15H,2-7H2,1H3,(H,16,17,18). The largest absolute Gasteiger partial charge is 0.411 e. The second kappa shape index (κ2) is 6.40. The van der Waals surface area contributed by atoms with Crippen LogP contribution in [0.2, 0.25) is 0 Å². The zero-order valence-electron chi connectivity index (χ0n) is 11.2. The van der Waals surface area contributed by atoms with Gasteiger partial charge in [-0.05, 0) is 19.9 Å². The van der Waals surface area contributed by atoms with Crippen LogP contribution in [-0.2, 0) is 11.3 Å². The summed E-state index contributed by atoms with van der Waals surface area (Å²) in [5, 5.41) is 9.84. The number of aromatic nitrogens is 3. The minimum Gasteiger partial charge on any atom is -0.364 e. The average molecular weight is 293 g/mol. The molecule has 0 radical (unpaired) electrons. The van der Waals surface area contributed by atoms with Crippen LogP contribution >= 0.6 is 0 Å². The van der Waals surface area contributed by atoms with Gasteiger partial charge in [-0.25, -0.2) is 0 Å². The van der Waals surface area contributed by atoms with Crippen molar-refractivity contribution in [2.45, 2.75) is 31.7 Å². The number of H-pyrrole nitrogens is 1. The monoisotopic (exact) mass is 293 g/mol. The maximum Gasteiger partial charge on any atom is 0.411 e. The first kappa shape index (κ1) is 15.0. The van der Waals surface area contributed by atoms with Crippen molar-refractivity contribution in [3.05, 3.63) is 5.82 Å². The van der Waals surface area contributed by atoms with E-state index in [9.17, 15) is 13.2 Å². The Morgan fingerprint density at radius 3 is 2.70 bits per heavy atom. The predicted octanol–water partition coefficient (Wildman–Crippen LogP) is 1.07. The van der Waals surface area contributed by atoms with Crippen molar-refractivity contribution in [1.82, 2.24) is 20.5 Å². The molecule has 114 valence electrons. The first-order chi connectivity index (χ1) is 9.48. The number of nitrogens with one attached hydrogen (secondary N) is 2. The van der Waals surface area contributed by atoms with Crippen molar-refractivity contribution >= 4 is 5.95 Å². The average Bonchev–Trinajstić information content (AvgIpc) is 2.86. The van der Waals surface area contributed by atoms with Crippen LogP contribution < -0.4 is 10.2 Å². The smallest absolute Gasteiger partial charge is 0.364 e. The van der Waals surface area contributed by atoms with Gasteiger partial charge in [0.1, 0.15) is 13.2 Å². The fraction of sp³-hybridized carbons (Fsp3) is 0.818. The van der Waals surface area contributed by atoms with Crippen LogP contribution in [-0.4, -0.2) is 54.1 Å². The molecule has 0 aliphatic carbocycles. The predicted molar refractivity (Wildman–Crippen MR) is 66.4 cm³/mol. The highest BCUT2D eigenvalue weighted by Gasteiger charge is 2.27. The molecule has 2 rings (SSSR count). The Kier molecular flexibility index (Phi) is 4.81. The molecule has 0 unspecified atom stereocenters. The Hall–Kier alpha value is -1.35. The van der Waals surface area contributed by atoms with E-state index in [-0.39, 0.29) is 6.61 Å². The van der Waals surface area contributed by atoms with Crippen molar-refractivity contribution in [3.8, 4) is 0 Å². The van der Waals surface area contributed by atoms with E-state index in [4.69, 9.17) is 0 Å². The minimum atomic E-state index is -4.32. The van der Waals surface area contributed by atoms with Crippen LogP contribution in [0.15, 0.2) is 0 Å². The fourth-order valence-corrected chi connectivity index (χ4v) is 2.12. The summed E-state index contributed by atoms with van der Waals surface area (Å²) in [6, 6.07) is 0.500. The van der Waals surface area contributed by atoms with E-state index in [1.807, 2.05) is 11.9 Å². The van der Waals surface area contributed by atoms with Gasteiger partial charge in [-0.2, -0.15) is 18.2 Å². The van der Waals surface area contributed by atoms with Crippen LogP contribution in [0.4, 0.5) is 19.1 Å².